The zero-order chi connectivity index (χ0) is 12.1. The van der Waals surface area contributed by atoms with Crippen LogP contribution in [0, 0.1) is 5.82 Å². The van der Waals surface area contributed by atoms with Crippen molar-refractivity contribution in [2.45, 2.75) is 26.2 Å². The van der Waals surface area contributed by atoms with Gasteiger partial charge in [-0.3, -0.25) is 4.79 Å². The molecule has 0 saturated heterocycles. The number of benzene rings is 1. The first-order valence-corrected chi connectivity index (χ1v) is 5.59. The van der Waals surface area contributed by atoms with Crippen molar-refractivity contribution in [1.29, 1.82) is 0 Å². The van der Waals surface area contributed by atoms with Gasteiger partial charge >= 0.3 is 5.97 Å². The van der Waals surface area contributed by atoms with Crippen LogP contribution in [0.5, 0.6) is 0 Å². The van der Waals surface area contributed by atoms with Crippen LogP contribution in [0.2, 0.25) is 5.02 Å². The molecule has 88 valence electrons. The van der Waals surface area contributed by atoms with Crippen LogP contribution in [0.15, 0.2) is 18.2 Å². The first-order chi connectivity index (χ1) is 7.60. The van der Waals surface area contributed by atoms with Crippen LogP contribution in [0.3, 0.4) is 0 Å². The van der Waals surface area contributed by atoms with Crippen molar-refractivity contribution in [3.8, 4) is 0 Å². The molecule has 16 heavy (non-hydrogen) atoms. The largest absolute Gasteiger partial charge is 0.466 e. The van der Waals surface area contributed by atoms with E-state index < -0.39 is 11.7 Å². The van der Waals surface area contributed by atoms with E-state index in [4.69, 9.17) is 16.3 Å². The van der Waals surface area contributed by atoms with Crippen LogP contribution in [0.4, 0.5) is 4.39 Å². The fourth-order valence-electron chi connectivity index (χ4n) is 1.54. The van der Waals surface area contributed by atoms with Gasteiger partial charge in [0.15, 0.2) is 0 Å². The van der Waals surface area contributed by atoms with E-state index in [0.717, 1.165) is 0 Å². The summed E-state index contributed by atoms with van der Waals surface area (Å²) >= 11 is 5.94. The van der Waals surface area contributed by atoms with E-state index in [9.17, 15) is 9.18 Å². The minimum Gasteiger partial charge on any atom is -0.466 e. The van der Waals surface area contributed by atoms with Gasteiger partial charge in [-0.1, -0.05) is 18.5 Å². The van der Waals surface area contributed by atoms with Gasteiger partial charge < -0.3 is 4.74 Å². The Labute approximate surface area is 99.4 Å². The average molecular weight is 245 g/mol. The van der Waals surface area contributed by atoms with E-state index in [1.54, 1.807) is 6.92 Å². The number of esters is 1. The van der Waals surface area contributed by atoms with Gasteiger partial charge in [0.05, 0.1) is 12.5 Å². The van der Waals surface area contributed by atoms with Crippen molar-refractivity contribution in [2.75, 3.05) is 6.61 Å². The maximum Gasteiger partial charge on any atom is 0.313 e. The first-order valence-electron chi connectivity index (χ1n) is 5.21. The molecule has 0 bridgehead atoms. The molecule has 1 unspecified atom stereocenters. The minimum atomic E-state index is -0.497. The predicted octanol–water partition coefficient (Wildman–Crippen LogP) is 3.54. The van der Waals surface area contributed by atoms with Gasteiger partial charge in [0.1, 0.15) is 5.82 Å². The summed E-state index contributed by atoms with van der Waals surface area (Å²) in [5.41, 5.74) is 0.489. The highest BCUT2D eigenvalue weighted by Gasteiger charge is 2.22. The van der Waals surface area contributed by atoms with Crippen LogP contribution in [-0.4, -0.2) is 12.6 Å². The average Bonchev–Trinajstić information content (AvgIpc) is 2.24. The Morgan fingerprint density at radius 2 is 2.19 bits per heavy atom. The number of ether oxygens (including phenoxy) is 1. The highest BCUT2D eigenvalue weighted by atomic mass is 35.5. The van der Waals surface area contributed by atoms with Crippen LogP contribution in [0.25, 0.3) is 0 Å². The lowest BCUT2D eigenvalue weighted by Gasteiger charge is -2.15. The molecule has 1 aromatic carbocycles. The maximum atomic E-state index is 13.1. The first kappa shape index (κ1) is 13.0. The Hall–Kier alpha value is -1.09. The molecule has 2 nitrogen and oxygen atoms in total. The Morgan fingerprint density at radius 1 is 1.50 bits per heavy atom. The second kappa shape index (κ2) is 5.85. The number of hydrogen-bond acceptors (Lipinski definition) is 2. The molecular formula is C12H14ClFO2. The van der Waals surface area contributed by atoms with Crippen molar-refractivity contribution in [3.05, 3.63) is 34.6 Å². The molecule has 0 heterocycles. The van der Waals surface area contributed by atoms with Crippen LogP contribution in [0.1, 0.15) is 31.7 Å². The second-order valence-corrected chi connectivity index (χ2v) is 3.79. The van der Waals surface area contributed by atoms with Gasteiger partial charge in [-0.2, -0.15) is 0 Å². The summed E-state index contributed by atoms with van der Waals surface area (Å²) in [5, 5.41) is 0.390. The molecule has 0 fully saturated rings. The zero-order valence-electron chi connectivity index (χ0n) is 9.30. The van der Waals surface area contributed by atoms with Gasteiger partial charge in [0.25, 0.3) is 0 Å². The SMILES string of the molecule is CCOC(=O)C(CC)c1cc(F)ccc1Cl. The van der Waals surface area contributed by atoms with Crippen LogP contribution in [-0.2, 0) is 9.53 Å². The molecule has 0 amide bonds. The van der Waals surface area contributed by atoms with E-state index in [1.807, 2.05) is 6.92 Å². The van der Waals surface area contributed by atoms with Crippen molar-refractivity contribution >= 4 is 17.6 Å². The molecule has 1 rings (SSSR count). The van der Waals surface area contributed by atoms with E-state index in [-0.39, 0.29) is 5.97 Å². The molecule has 0 N–H and O–H groups in total. The third-order valence-corrected chi connectivity index (χ3v) is 2.66. The summed E-state index contributed by atoms with van der Waals surface area (Å²) in [6.07, 6.45) is 0.530. The number of carbonyl (C=O) groups is 1. The molecule has 4 heteroatoms. The topological polar surface area (TPSA) is 26.3 Å². The monoisotopic (exact) mass is 244 g/mol. The molecule has 1 aromatic rings. The lowest BCUT2D eigenvalue weighted by atomic mass is 9.96. The molecule has 0 spiro atoms. The Bertz CT molecular complexity index is 379. The van der Waals surface area contributed by atoms with Crippen molar-refractivity contribution in [2.24, 2.45) is 0 Å². The number of halogens is 2. The molecule has 0 aliphatic rings. The van der Waals surface area contributed by atoms with Gasteiger partial charge in [-0.05, 0) is 37.1 Å². The smallest absolute Gasteiger partial charge is 0.313 e. The fourth-order valence-corrected chi connectivity index (χ4v) is 1.79. The lowest BCUT2D eigenvalue weighted by Crippen LogP contribution is -2.15. The number of rotatable bonds is 4. The third-order valence-electron chi connectivity index (χ3n) is 2.31. The van der Waals surface area contributed by atoms with Gasteiger partial charge in [0.2, 0.25) is 0 Å². The van der Waals surface area contributed by atoms with E-state index in [1.165, 1.54) is 18.2 Å². The fraction of sp³-hybridized carbons (Fsp3) is 0.417. The molecule has 0 radical (unpaired) electrons. The van der Waals surface area contributed by atoms with Crippen molar-refractivity contribution in [1.82, 2.24) is 0 Å². The van der Waals surface area contributed by atoms with Gasteiger partial charge in [-0.15, -0.1) is 0 Å². The molecule has 0 aliphatic heterocycles. The summed E-state index contributed by atoms with van der Waals surface area (Å²) in [6, 6.07) is 4.01. The summed E-state index contributed by atoms with van der Waals surface area (Å²) in [5.74, 6) is -1.26. The highest BCUT2D eigenvalue weighted by molar-refractivity contribution is 6.31. The highest BCUT2D eigenvalue weighted by Crippen LogP contribution is 2.28. The summed E-state index contributed by atoms with van der Waals surface area (Å²) < 4.78 is 18.0. The molecule has 0 saturated carbocycles. The molecule has 1 atom stereocenters. The van der Waals surface area contributed by atoms with Crippen LogP contribution < -0.4 is 0 Å². The summed E-state index contributed by atoms with van der Waals surface area (Å²) in [6.45, 7) is 3.88. The van der Waals surface area contributed by atoms with E-state index in [0.29, 0.717) is 23.6 Å². The van der Waals surface area contributed by atoms with Gasteiger partial charge in [0, 0.05) is 5.02 Å². The van der Waals surface area contributed by atoms with E-state index in [2.05, 4.69) is 0 Å². The predicted molar refractivity (Wildman–Crippen MR) is 61.1 cm³/mol. The lowest BCUT2D eigenvalue weighted by molar-refractivity contribution is -0.145. The quantitative estimate of drug-likeness (QED) is 0.758. The zero-order valence-corrected chi connectivity index (χ0v) is 10.1. The molecule has 0 aliphatic carbocycles. The number of hydrogen-bond donors (Lipinski definition) is 0. The van der Waals surface area contributed by atoms with E-state index >= 15 is 0 Å². The third kappa shape index (κ3) is 2.95. The Balaban J connectivity index is 3.03. The molecular weight excluding hydrogens is 231 g/mol. The van der Waals surface area contributed by atoms with Crippen molar-refractivity contribution in [3.63, 3.8) is 0 Å². The second-order valence-electron chi connectivity index (χ2n) is 3.38. The maximum absolute atomic E-state index is 13.1. The van der Waals surface area contributed by atoms with Crippen LogP contribution >= 0.6 is 11.6 Å². The summed E-state index contributed by atoms with van der Waals surface area (Å²) in [7, 11) is 0. The number of carbonyl (C=O) groups excluding carboxylic acids is 1. The molecule has 0 aromatic heterocycles. The Kier molecular flexibility index (Phi) is 4.74. The summed E-state index contributed by atoms with van der Waals surface area (Å²) in [4.78, 5) is 11.6. The normalized spacial score (nSPS) is 12.2. The minimum absolute atomic E-state index is 0.308. The van der Waals surface area contributed by atoms with Gasteiger partial charge in [-0.25, -0.2) is 4.39 Å². The van der Waals surface area contributed by atoms with Crippen molar-refractivity contribution < 1.29 is 13.9 Å². The standard InChI is InChI=1S/C12H14ClFO2/c1-3-9(12(15)16-4-2)10-7-8(14)5-6-11(10)13/h5-7,9H,3-4H2,1-2H3. The Morgan fingerprint density at radius 3 is 2.75 bits per heavy atom.